The molecule has 3 nitrogen and oxygen atoms in total. The smallest absolute Gasteiger partial charge is 0.307 e. The maximum atomic E-state index is 12.0. The third kappa shape index (κ3) is 3.95. The second kappa shape index (κ2) is 7.28. The largest absolute Gasteiger partial charge is 0.466 e. The standard InChI is InChI=1S/C16H29NO2/c1-2-19-15(18)14-16(17-12-8-9-13-17)10-6-4-3-5-7-11-16/h2-14H2,1H3. The van der Waals surface area contributed by atoms with Gasteiger partial charge in [0.05, 0.1) is 13.0 Å². The molecule has 1 heterocycles. The maximum Gasteiger partial charge on any atom is 0.307 e. The Morgan fingerprint density at radius 3 is 2.16 bits per heavy atom. The van der Waals surface area contributed by atoms with Crippen molar-refractivity contribution in [2.75, 3.05) is 19.7 Å². The average Bonchev–Trinajstić information content (AvgIpc) is 2.87. The van der Waals surface area contributed by atoms with Crippen molar-refractivity contribution >= 4 is 5.97 Å². The van der Waals surface area contributed by atoms with Crippen LogP contribution >= 0.6 is 0 Å². The monoisotopic (exact) mass is 267 g/mol. The molecular formula is C16H29NO2. The fraction of sp³-hybridized carbons (Fsp3) is 0.938. The van der Waals surface area contributed by atoms with Gasteiger partial charge in [-0.3, -0.25) is 9.69 Å². The van der Waals surface area contributed by atoms with Crippen LogP contribution in [0.25, 0.3) is 0 Å². The quantitative estimate of drug-likeness (QED) is 0.730. The molecule has 0 radical (unpaired) electrons. The Morgan fingerprint density at radius 1 is 1.00 bits per heavy atom. The normalized spacial score (nSPS) is 24.7. The lowest BCUT2D eigenvalue weighted by Gasteiger charge is -2.43. The fourth-order valence-corrected chi connectivity index (χ4v) is 3.84. The van der Waals surface area contributed by atoms with Gasteiger partial charge >= 0.3 is 5.97 Å². The minimum Gasteiger partial charge on any atom is -0.466 e. The van der Waals surface area contributed by atoms with E-state index in [2.05, 4.69) is 4.90 Å². The number of hydrogen-bond acceptors (Lipinski definition) is 3. The summed E-state index contributed by atoms with van der Waals surface area (Å²) < 4.78 is 5.24. The lowest BCUT2D eigenvalue weighted by atomic mass is 9.80. The summed E-state index contributed by atoms with van der Waals surface area (Å²) in [6.07, 6.45) is 12.2. The van der Waals surface area contributed by atoms with Gasteiger partial charge < -0.3 is 4.74 Å². The molecule has 110 valence electrons. The van der Waals surface area contributed by atoms with Gasteiger partial charge in [-0.25, -0.2) is 0 Å². The summed E-state index contributed by atoms with van der Waals surface area (Å²) in [4.78, 5) is 14.6. The van der Waals surface area contributed by atoms with Crippen LogP contribution in [0.3, 0.4) is 0 Å². The molecular weight excluding hydrogens is 238 g/mol. The molecule has 0 aromatic rings. The molecule has 0 aromatic heterocycles. The molecule has 1 aliphatic heterocycles. The van der Waals surface area contributed by atoms with Crippen molar-refractivity contribution in [3.05, 3.63) is 0 Å². The van der Waals surface area contributed by atoms with Crippen molar-refractivity contribution in [1.29, 1.82) is 0 Å². The minimum absolute atomic E-state index is 0.00923. The minimum atomic E-state index is 0.00923. The number of esters is 1. The highest BCUT2D eigenvalue weighted by Crippen LogP contribution is 2.37. The van der Waals surface area contributed by atoms with Crippen molar-refractivity contribution in [2.45, 2.75) is 76.7 Å². The van der Waals surface area contributed by atoms with E-state index in [1.165, 1.54) is 70.9 Å². The molecule has 0 aromatic carbocycles. The van der Waals surface area contributed by atoms with Crippen molar-refractivity contribution < 1.29 is 9.53 Å². The summed E-state index contributed by atoms with van der Waals surface area (Å²) in [6, 6.07) is 0. The molecule has 2 aliphatic rings. The molecule has 2 rings (SSSR count). The lowest BCUT2D eigenvalue weighted by molar-refractivity contribution is -0.147. The predicted octanol–water partition coefficient (Wildman–Crippen LogP) is 3.52. The van der Waals surface area contributed by atoms with Crippen molar-refractivity contribution in [1.82, 2.24) is 4.90 Å². The number of nitrogens with zero attached hydrogens (tertiary/aromatic N) is 1. The summed E-state index contributed by atoms with van der Waals surface area (Å²) in [5.41, 5.74) is 0.114. The van der Waals surface area contributed by atoms with Gasteiger partial charge in [0.15, 0.2) is 0 Å². The van der Waals surface area contributed by atoms with E-state index in [1.54, 1.807) is 0 Å². The predicted molar refractivity (Wildman–Crippen MR) is 77.1 cm³/mol. The first kappa shape index (κ1) is 14.8. The van der Waals surface area contributed by atoms with Crippen LogP contribution < -0.4 is 0 Å². The molecule has 1 aliphatic carbocycles. The highest BCUT2D eigenvalue weighted by atomic mass is 16.5. The van der Waals surface area contributed by atoms with Gasteiger partial charge in [-0.2, -0.15) is 0 Å². The van der Waals surface area contributed by atoms with Crippen LogP contribution in [0, 0.1) is 0 Å². The van der Waals surface area contributed by atoms with Crippen molar-refractivity contribution in [3.63, 3.8) is 0 Å². The van der Waals surface area contributed by atoms with E-state index in [0.29, 0.717) is 13.0 Å². The summed E-state index contributed by atoms with van der Waals surface area (Å²) in [7, 11) is 0. The number of carbonyl (C=O) groups is 1. The fourth-order valence-electron chi connectivity index (χ4n) is 3.84. The van der Waals surface area contributed by atoms with E-state index in [9.17, 15) is 4.79 Å². The Labute approximate surface area is 117 Å². The third-order valence-corrected chi connectivity index (χ3v) is 4.84. The Bertz CT molecular complexity index is 276. The number of carbonyl (C=O) groups excluding carboxylic acids is 1. The third-order valence-electron chi connectivity index (χ3n) is 4.84. The molecule has 1 saturated carbocycles. The highest BCUT2D eigenvalue weighted by molar-refractivity contribution is 5.71. The Kier molecular flexibility index (Phi) is 5.68. The molecule has 0 bridgehead atoms. The van der Waals surface area contributed by atoms with Crippen LogP contribution in [0.1, 0.15) is 71.1 Å². The molecule has 0 amide bonds. The Balaban J connectivity index is 2.07. The van der Waals surface area contributed by atoms with Crippen molar-refractivity contribution in [3.8, 4) is 0 Å². The zero-order valence-corrected chi connectivity index (χ0v) is 12.5. The van der Waals surface area contributed by atoms with Crippen LogP contribution in [-0.4, -0.2) is 36.1 Å². The molecule has 0 N–H and O–H groups in total. The summed E-state index contributed by atoms with van der Waals surface area (Å²) in [5.74, 6) is 0.00923. The summed E-state index contributed by atoms with van der Waals surface area (Å²) >= 11 is 0. The molecule has 3 heteroatoms. The number of hydrogen-bond donors (Lipinski definition) is 0. The zero-order chi connectivity index (χ0) is 13.6. The van der Waals surface area contributed by atoms with Gasteiger partial charge in [0.2, 0.25) is 0 Å². The van der Waals surface area contributed by atoms with Gasteiger partial charge in [0.25, 0.3) is 0 Å². The first-order chi connectivity index (χ1) is 9.27. The van der Waals surface area contributed by atoms with Gasteiger partial charge in [-0.05, 0) is 45.7 Å². The van der Waals surface area contributed by atoms with E-state index < -0.39 is 0 Å². The second-order valence-corrected chi connectivity index (χ2v) is 6.17. The average molecular weight is 267 g/mol. The molecule has 0 spiro atoms. The maximum absolute atomic E-state index is 12.0. The topological polar surface area (TPSA) is 29.5 Å². The summed E-state index contributed by atoms with van der Waals surface area (Å²) in [5, 5.41) is 0. The molecule has 1 saturated heterocycles. The van der Waals surface area contributed by atoms with Gasteiger partial charge in [0.1, 0.15) is 0 Å². The Hall–Kier alpha value is -0.570. The molecule has 2 fully saturated rings. The first-order valence-electron chi connectivity index (χ1n) is 8.17. The second-order valence-electron chi connectivity index (χ2n) is 6.17. The van der Waals surface area contributed by atoms with E-state index in [-0.39, 0.29) is 11.5 Å². The summed E-state index contributed by atoms with van der Waals surface area (Å²) in [6.45, 7) is 4.77. The number of rotatable bonds is 4. The van der Waals surface area contributed by atoms with E-state index in [1.807, 2.05) is 6.92 Å². The van der Waals surface area contributed by atoms with Crippen LogP contribution in [-0.2, 0) is 9.53 Å². The van der Waals surface area contributed by atoms with Crippen molar-refractivity contribution in [2.24, 2.45) is 0 Å². The SMILES string of the molecule is CCOC(=O)CC1(N2CCCC2)CCCCCCC1. The van der Waals surface area contributed by atoms with Crippen LogP contribution in [0.15, 0.2) is 0 Å². The van der Waals surface area contributed by atoms with E-state index >= 15 is 0 Å². The number of likely N-dealkylation sites (tertiary alicyclic amines) is 1. The van der Waals surface area contributed by atoms with Crippen LogP contribution in [0.2, 0.25) is 0 Å². The van der Waals surface area contributed by atoms with E-state index in [4.69, 9.17) is 4.74 Å². The van der Waals surface area contributed by atoms with Crippen LogP contribution in [0.4, 0.5) is 0 Å². The number of ether oxygens (including phenoxy) is 1. The van der Waals surface area contributed by atoms with Gasteiger partial charge in [0, 0.05) is 5.54 Å². The van der Waals surface area contributed by atoms with Gasteiger partial charge in [-0.15, -0.1) is 0 Å². The van der Waals surface area contributed by atoms with Gasteiger partial charge in [-0.1, -0.05) is 32.1 Å². The highest BCUT2D eigenvalue weighted by Gasteiger charge is 2.39. The molecule has 19 heavy (non-hydrogen) atoms. The molecule has 0 atom stereocenters. The van der Waals surface area contributed by atoms with E-state index in [0.717, 1.165) is 0 Å². The Morgan fingerprint density at radius 2 is 1.58 bits per heavy atom. The molecule has 0 unspecified atom stereocenters. The van der Waals surface area contributed by atoms with Crippen LogP contribution in [0.5, 0.6) is 0 Å². The zero-order valence-electron chi connectivity index (χ0n) is 12.5. The first-order valence-corrected chi connectivity index (χ1v) is 8.17. The lowest BCUT2D eigenvalue weighted by Crippen LogP contribution is -2.49.